The van der Waals surface area contributed by atoms with Crippen molar-refractivity contribution >= 4 is 42.4 Å². The van der Waals surface area contributed by atoms with Gasteiger partial charge in [-0.2, -0.15) is 0 Å². The zero-order chi connectivity index (χ0) is 24.8. The van der Waals surface area contributed by atoms with Gasteiger partial charge in [0.2, 0.25) is 10.0 Å². The van der Waals surface area contributed by atoms with Crippen LogP contribution in [0.5, 0.6) is 0 Å². The third kappa shape index (κ3) is 4.79. The molecule has 34 heavy (non-hydrogen) atoms. The van der Waals surface area contributed by atoms with E-state index in [0.717, 1.165) is 16.8 Å². The molecule has 3 aromatic rings. The van der Waals surface area contributed by atoms with Gasteiger partial charge >= 0.3 is 0 Å². The molecule has 1 aromatic heterocycles. The molecule has 1 amide bonds. The van der Waals surface area contributed by atoms with Crippen molar-refractivity contribution in [1.82, 2.24) is 5.32 Å². The van der Waals surface area contributed by atoms with Gasteiger partial charge in [0.15, 0.2) is 0 Å². The fourth-order valence-corrected chi connectivity index (χ4v) is 5.82. The smallest absolute Gasteiger partial charge is 0.255 e. The number of benzene rings is 2. The van der Waals surface area contributed by atoms with Crippen LogP contribution in [0, 0.1) is 5.82 Å². The number of rotatable bonds is 5. The van der Waals surface area contributed by atoms with Gasteiger partial charge in [0.1, 0.15) is 27.0 Å². The summed E-state index contributed by atoms with van der Waals surface area (Å²) in [4.78, 5) is 12.8. The largest absolute Gasteiger partial charge is 0.455 e. The number of carbonyl (C=O) groups excluding carboxylic acids is 1. The van der Waals surface area contributed by atoms with Gasteiger partial charge in [-0.15, -0.1) is 0 Å². The van der Waals surface area contributed by atoms with Crippen LogP contribution in [0.4, 0.5) is 10.1 Å². The number of anilines is 1. The van der Waals surface area contributed by atoms with Gasteiger partial charge < -0.3 is 14.5 Å². The maximum atomic E-state index is 13.4. The van der Waals surface area contributed by atoms with Gasteiger partial charge in [-0.1, -0.05) is 0 Å². The molecular weight excluding hydrogens is 487 g/mol. The summed E-state index contributed by atoms with van der Waals surface area (Å²) in [6, 6.07) is 8.54. The van der Waals surface area contributed by atoms with Crippen LogP contribution in [0.2, 0.25) is 0 Å². The predicted octanol–water partition coefficient (Wildman–Crippen LogP) is 2.31. The Morgan fingerprint density at radius 3 is 2.41 bits per heavy atom. The first-order valence-electron chi connectivity index (χ1n) is 10.2. The highest BCUT2D eigenvalue weighted by Gasteiger charge is 2.32. The summed E-state index contributed by atoms with van der Waals surface area (Å²) in [7, 11) is -5.77. The molecule has 9 nitrogen and oxygen atoms in total. The zero-order valence-corrected chi connectivity index (χ0v) is 20.3. The fraction of sp³-hybridized carbons (Fsp3) is 0.318. The lowest BCUT2D eigenvalue weighted by atomic mass is 10.0. The van der Waals surface area contributed by atoms with E-state index in [0.29, 0.717) is 16.5 Å². The Morgan fingerprint density at radius 1 is 1.15 bits per heavy atom. The van der Waals surface area contributed by atoms with Crippen molar-refractivity contribution in [2.75, 3.05) is 36.2 Å². The predicted molar refractivity (Wildman–Crippen MR) is 125 cm³/mol. The van der Waals surface area contributed by atoms with Crippen molar-refractivity contribution < 1.29 is 35.2 Å². The van der Waals surface area contributed by atoms with Crippen LogP contribution >= 0.6 is 0 Å². The Morgan fingerprint density at radius 2 is 1.82 bits per heavy atom. The molecule has 0 saturated carbocycles. The Hall–Kier alpha value is -2.96. The Balaban J connectivity index is 1.92. The molecule has 0 fully saturated rings. The zero-order valence-electron chi connectivity index (χ0n) is 18.7. The Kier molecular flexibility index (Phi) is 6.17. The van der Waals surface area contributed by atoms with Gasteiger partial charge in [0.25, 0.3) is 5.91 Å². The fourth-order valence-electron chi connectivity index (χ4n) is 3.98. The summed E-state index contributed by atoms with van der Waals surface area (Å²) in [5, 5.41) is 2.98. The summed E-state index contributed by atoms with van der Waals surface area (Å²) in [5.41, 5.74) is 1.64. The lowest BCUT2D eigenvalue weighted by Crippen LogP contribution is -2.39. The highest BCUT2D eigenvalue weighted by molar-refractivity contribution is 7.92. The number of nitrogens with one attached hydrogen (secondary N) is 1. The minimum Gasteiger partial charge on any atom is -0.455 e. The van der Waals surface area contributed by atoms with E-state index in [2.05, 4.69) is 5.32 Å². The topological polar surface area (TPSA) is 123 Å². The molecule has 0 saturated heterocycles. The average molecular weight is 511 g/mol. The normalized spacial score (nSPS) is 16.8. The second-order valence-corrected chi connectivity index (χ2v) is 12.3. The van der Waals surface area contributed by atoms with Crippen molar-refractivity contribution in [3.8, 4) is 11.3 Å². The van der Waals surface area contributed by atoms with Crippen molar-refractivity contribution in [1.29, 1.82) is 0 Å². The number of halogens is 1. The molecule has 0 unspecified atom stereocenters. The first-order chi connectivity index (χ1) is 15.9. The highest BCUT2D eigenvalue weighted by atomic mass is 32.2. The van der Waals surface area contributed by atoms with Crippen LogP contribution in [-0.4, -0.2) is 60.7 Å². The average Bonchev–Trinajstić information content (AvgIpc) is 3.01. The molecule has 0 bridgehead atoms. The lowest BCUT2D eigenvalue weighted by Gasteiger charge is -2.24. The number of sulfone groups is 1. The number of nitrogens with zero attached hydrogens (tertiary/aromatic N) is 1. The van der Waals surface area contributed by atoms with Crippen molar-refractivity contribution in [3.63, 3.8) is 0 Å². The van der Waals surface area contributed by atoms with Crippen LogP contribution in [0.3, 0.4) is 0 Å². The molecule has 2 aromatic carbocycles. The summed E-state index contributed by atoms with van der Waals surface area (Å²) in [6.45, 7) is -0.264. The van der Waals surface area contributed by atoms with Gasteiger partial charge in [-0.05, 0) is 30.3 Å². The molecule has 2 heterocycles. The maximum Gasteiger partial charge on any atom is 0.255 e. The quantitative estimate of drug-likeness (QED) is 0.559. The molecule has 182 valence electrons. The second kappa shape index (κ2) is 8.67. The van der Waals surface area contributed by atoms with Crippen LogP contribution in [-0.2, 0) is 31.2 Å². The van der Waals surface area contributed by atoms with Crippen LogP contribution in [0.1, 0.15) is 15.9 Å². The minimum atomic E-state index is -3.81. The number of hydrogen-bond donors (Lipinski definition) is 1. The van der Waals surface area contributed by atoms with Crippen LogP contribution in [0.25, 0.3) is 22.3 Å². The first kappa shape index (κ1) is 24.2. The van der Waals surface area contributed by atoms with E-state index in [9.17, 15) is 26.0 Å². The van der Waals surface area contributed by atoms with Crippen molar-refractivity contribution in [2.45, 2.75) is 12.7 Å². The number of amides is 1. The van der Waals surface area contributed by atoms with Crippen molar-refractivity contribution in [2.24, 2.45) is 0 Å². The molecule has 1 atom stereocenters. The standard InChI is InChI=1S/C22H23FN2O7S2/c1-24-22(26)20-17-8-14-11-31-16(12-33(2,27)28)10-25(34(3,29)30)18(14)9-19(17)32-21(20)13-4-6-15(23)7-5-13/h4-9,16H,10-12H2,1-3H3,(H,24,26)/t16-/m1/s1. The van der Waals surface area contributed by atoms with Crippen LogP contribution in [0.15, 0.2) is 40.8 Å². The minimum absolute atomic E-state index is 0.0677. The summed E-state index contributed by atoms with van der Waals surface area (Å²) >= 11 is 0. The third-order valence-electron chi connectivity index (χ3n) is 5.45. The molecule has 1 aliphatic heterocycles. The van der Waals surface area contributed by atoms with Crippen molar-refractivity contribution in [3.05, 3.63) is 53.3 Å². The monoisotopic (exact) mass is 510 g/mol. The molecule has 4 rings (SSSR count). The van der Waals surface area contributed by atoms with Gasteiger partial charge in [0.05, 0.1) is 42.5 Å². The maximum absolute atomic E-state index is 13.4. The molecule has 0 spiro atoms. The van der Waals surface area contributed by atoms with E-state index in [1.165, 1.54) is 37.4 Å². The Bertz CT molecular complexity index is 1480. The molecule has 1 N–H and O–H groups in total. The van der Waals surface area contributed by atoms with E-state index in [1.54, 1.807) is 6.07 Å². The number of carbonyl (C=O) groups is 1. The number of furan rings is 1. The molecule has 0 radical (unpaired) electrons. The number of sulfonamides is 1. The number of ether oxygens (including phenoxy) is 1. The second-order valence-electron chi connectivity index (χ2n) is 8.19. The number of fused-ring (bicyclic) bond motifs is 2. The Labute approximate surface area is 196 Å². The van der Waals surface area contributed by atoms with E-state index in [4.69, 9.17) is 9.15 Å². The van der Waals surface area contributed by atoms with E-state index in [1.807, 2.05) is 0 Å². The van der Waals surface area contributed by atoms with Gasteiger partial charge in [0, 0.05) is 35.9 Å². The van der Waals surface area contributed by atoms with Crippen LogP contribution < -0.4 is 9.62 Å². The summed E-state index contributed by atoms with van der Waals surface area (Å²) in [5.74, 6) is -1.03. The third-order valence-corrected chi connectivity index (χ3v) is 7.58. The van der Waals surface area contributed by atoms with E-state index < -0.39 is 37.7 Å². The number of hydrogen-bond acceptors (Lipinski definition) is 7. The molecular formula is C22H23FN2O7S2. The lowest BCUT2D eigenvalue weighted by molar-refractivity contribution is 0.0663. The molecule has 12 heteroatoms. The summed E-state index contributed by atoms with van der Waals surface area (Å²) < 4.78 is 75.1. The van der Waals surface area contributed by atoms with Gasteiger partial charge in [-0.25, -0.2) is 21.2 Å². The molecule has 0 aliphatic carbocycles. The highest BCUT2D eigenvalue weighted by Crippen LogP contribution is 2.39. The SMILES string of the molecule is CNC(=O)c1c(-c2ccc(F)cc2)oc2cc3c(cc12)CO[C@@H](CS(C)(=O)=O)CN3S(C)(=O)=O. The van der Waals surface area contributed by atoms with E-state index >= 15 is 0 Å². The first-order valence-corrected chi connectivity index (χ1v) is 14.1. The summed E-state index contributed by atoms with van der Waals surface area (Å²) in [6.07, 6.45) is 1.20. The van der Waals surface area contributed by atoms with Gasteiger partial charge in [-0.3, -0.25) is 9.10 Å². The molecule has 1 aliphatic rings. The van der Waals surface area contributed by atoms with E-state index in [-0.39, 0.29) is 41.5 Å².